The minimum atomic E-state index is 0.558. The fourth-order valence-corrected chi connectivity index (χ4v) is 2.74. The Balaban J connectivity index is 1.93. The molecular weight excluding hydrogens is 206 g/mol. The molecule has 0 radical (unpaired) electrons. The molecule has 1 N–H and O–H groups in total. The summed E-state index contributed by atoms with van der Waals surface area (Å²) < 4.78 is 0. The van der Waals surface area contributed by atoms with Crippen molar-refractivity contribution in [3.63, 3.8) is 0 Å². The van der Waals surface area contributed by atoms with Crippen molar-refractivity contribution in [3.05, 3.63) is 48.0 Å². The van der Waals surface area contributed by atoms with Gasteiger partial charge in [-0.1, -0.05) is 49.2 Å². The van der Waals surface area contributed by atoms with Crippen LogP contribution in [0.1, 0.15) is 37.3 Å². The molecule has 17 heavy (non-hydrogen) atoms. The SMILES string of the molecule is c1ccc2cc(C3CCCCCN3)ccc2c1. The number of fused-ring (bicyclic) bond motifs is 1. The van der Waals surface area contributed by atoms with Crippen LogP contribution in [0.5, 0.6) is 0 Å². The van der Waals surface area contributed by atoms with Crippen molar-refractivity contribution in [1.82, 2.24) is 5.32 Å². The normalized spacial score (nSPS) is 21.3. The van der Waals surface area contributed by atoms with Crippen molar-refractivity contribution in [2.45, 2.75) is 31.7 Å². The highest BCUT2D eigenvalue weighted by atomic mass is 14.9. The van der Waals surface area contributed by atoms with E-state index in [0.717, 1.165) is 6.54 Å². The van der Waals surface area contributed by atoms with Gasteiger partial charge in [-0.05, 0) is 41.8 Å². The second-order valence-corrected chi connectivity index (χ2v) is 4.96. The lowest BCUT2D eigenvalue weighted by Crippen LogP contribution is -2.20. The van der Waals surface area contributed by atoms with E-state index in [0.29, 0.717) is 6.04 Å². The molecule has 1 fully saturated rings. The fraction of sp³-hybridized carbons (Fsp3) is 0.375. The van der Waals surface area contributed by atoms with Gasteiger partial charge in [0.2, 0.25) is 0 Å². The summed E-state index contributed by atoms with van der Waals surface area (Å²) in [6.07, 6.45) is 5.32. The van der Waals surface area contributed by atoms with Gasteiger partial charge in [0.1, 0.15) is 0 Å². The van der Waals surface area contributed by atoms with Gasteiger partial charge in [-0.25, -0.2) is 0 Å². The van der Waals surface area contributed by atoms with Gasteiger partial charge in [0, 0.05) is 6.04 Å². The highest BCUT2D eigenvalue weighted by Gasteiger charge is 2.13. The number of nitrogens with one attached hydrogen (secondary N) is 1. The zero-order chi connectivity index (χ0) is 11.5. The van der Waals surface area contributed by atoms with Crippen molar-refractivity contribution in [3.8, 4) is 0 Å². The van der Waals surface area contributed by atoms with Gasteiger partial charge >= 0.3 is 0 Å². The summed E-state index contributed by atoms with van der Waals surface area (Å²) in [5.41, 5.74) is 1.45. The Morgan fingerprint density at radius 3 is 2.71 bits per heavy atom. The van der Waals surface area contributed by atoms with Gasteiger partial charge in [0.15, 0.2) is 0 Å². The minimum Gasteiger partial charge on any atom is -0.310 e. The van der Waals surface area contributed by atoms with Crippen molar-refractivity contribution in [2.24, 2.45) is 0 Å². The van der Waals surface area contributed by atoms with E-state index < -0.39 is 0 Å². The summed E-state index contributed by atoms with van der Waals surface area (Å²) in [7, 11) is 0. The second kappa shape index (κ2) is 4.89. The molecule has 0 saturated carbocycles. The van der Waals surface area contributed by atoms with Gasteiger partial charge in [-0.2, -0.15) is 0 Å². The van der Waals surface area contributed by atoms with Gasteiger partial charge in [-0.3, -0.25) is 0 Å². The molecule has 1 atom stereocenters. The third kappa shape index (κ3) is 2.34. The zero-order valence-electron chi connectivity index (χ0n) is 10.2. The Kier molecular flexibility index (Phi) is 3.10. The highest BCUT2D eigenvalue weighted by Crippen LogP contribution is 2.25. The van der Waals surface area contributed by atoms with Crippen molar-refractivity contribution in [2.75, 3.05) is 6.54 Å². The third-order valence-electron chi connectivity index (χ3n) is 3.74. The smallest absolute Gasteiger partial charge is 0.0320 e. The predicted molar refractivity (Wildman–Crippen MR) is 73.2 cm³/mol. The molecule has 1 unspecified atom stereocenters. The maximum absolute atomic E-state index is 3.66. The summed E-state index contributed by atoms with van der Waals surface area (Å²) in [4.78, 5) is 0. The van der Waals surface area contributed by atoms with Gasteiger partial charge < -0.3 is 5.32 Å². The number of benzene rings is 2. The van der Waals surface area contributed by atoms with Crippen LogP contribution in [0.3, 0.4) is 0 Å². The molecule has 1 aliphatic rings. The molecule has 1 aliphatic heterocycles. The molecule has 1 heteroatoms. The summed E-state index contributed by atoms with van der Waals surface area (Å²) >= 11 is 0. The Morgan fingerprint density at radius 1 is 0.882 bits per heavy atom. The van der Waals surface area contributed by atoms with Crippen LogP contribution in [-0.4, -0.2) is 6.54 Å². The maximum atomic E-state index is 3.66. The highest BCUT2D eigenvalue weighted by molar-refractivity contribution is 5.83. The van der Waals surface area contributed by atoms with E-state index in [1.54, 1.807) is 0 Å². The Morgan fingerprint density at radius 2 is 1.76 bits per heavy atom. The van der Waals surface area contributed by atoms with E-state index in [2.05, 4.69) is 47.8 Å². The van der Waals surface area contributed by atoms with E-state index in [9.17, 15) is 0 Å². The maximum Gasteiger partial charge on any atom is 0.0320 e. The molecule has 1 saturated heterocycles. The van der Waals surface area contributed by atoms with Gasteiger partial charge in [-0.15, -0.1) is 0 Å². The molecule has 3 rings (SSSR count). The summed E-state index contributed by atoms with van der Waals surface area (Å²) in [6.45, 7) is 1.16. The summed E-state index contributed by atoms with van der Waals surface area (Å²) in [6, 6.07) is 16.0. The van der Waals surface area contributed by atoms with Crippen LogP contribution in [-0.2, 0) is 0 Å². The van der Waals surface area contributed by atoms with Crippen LogP contribution < -0.4 is 5.32 Å². The molecule has 0 aromatic heterocycles. The lowest BCUT2D eigenvalue weighted by Gasteiger charge is -2.16. The van der Waals surface area contributed by atoms with Crippen LogP contribution in [0.2, 0.25) is 0 Å². The number of rotatable bonds is 1. The first-order valence-electron chi connectivity index (χ1n) is 6.65. The molecule has 1 heterocycles. The Bertz CT molecular complexity index is 496. The van der Waals surface area contributed by atoms with Crippen molar-refractivity contribution in [1.29, 1.82) is 0 Å². The average molecular weight is 225 g/mol. The quantitative estimate of drug-likeness (QED) is 0.772. The molecular formula is C16H19N. The second-order valence-electron chi connectivity index (χ2n) is 4.96. The van der Waals surface area contributed by atoms with Crippen LogP contribution in [0.4, 0.5) is 0 Å². The van der Waals surface area contributed by atoms with E-state index in [1.807, 2.05) is 0 Å². The third-order valence-corrected chi connectivity index (χ3v) is 3.74. The van der Waals surface area contributed by atoms with E-state index >= 15 is 0 Å². The summed E-state index contributed by atoms with van der Waals surface area (Å²) in [5.74, 6) is 0. The first-order valence-corrected chi connectivity index (χ1v) is 6.65. The topological polar surface area (TPSA) is 12.0 Å². The molecule has 0 aliphatic carbocycles. The Hall–Kier alpha value is -1.34. The van der Waals surface area contributed by atoms with Gasteiger partial charge in [0.25, 0.3) is 0 Å². The van der Waals surface area contributed by atoms with Crippen molar-refractivity contribution < 1.29 is 0 Å². The van der Waals surface area contributed by atoms with Crippen LogP contribution >= 0.6 is 0 Å². The first-order chi connectivity index (χ1) is 8.43. The van der Waals surface area contributed by atoms with E-state index in [-0.39, 0.29) is 0 Å². The average Bonchev–Trinajstić information content (AvgIpc) is 2.67. The molecule has 0 bridgehead atoms. The summed E-state index contributed by atoms with van der Waals surface area (Å²) in [5, 5.41) is 6.36. The van der Waals surface area contributed by atoms with Crippen molar-refractivity contribution >= 4 is 10.8 Å². The lowest BCUT2D eigenvalue weighted by molar-refractivity contribution is 0.535. The van der Waals surface area contributed by atoms with Crippen LogP contribution in [0, 0.1) is 0 Å². The number of hydrogen-bond acceptors (Lipinski definition) is 1. The molecule has 2 aromatic carbocycles. The molecule has 2 aromatic rings. The molecule has 0 amide bonds. The van der Waals surface area contributed by atoms with E-state index in [4.69, 9.17) is 0 Å². The minimum absolute atomic E-state index is 0.558. The number of hydrogen-bond donors (Lipinski definition) is 1. The van der Waals surface area contributed by atoms with E-state index in [1.165, 1.54) is 42.0 Å². The van der Waals surface area contributed by atoms with Gasteiger partial charge in [0.05, 0.1) is 0 Å². The predicted octanol–water partition coefficient (Wildman–Crippen LogP) is 4.04. The Labute approximate surface area is 103 Å². The zero-order valence-corrected chi connectivity index (χ0v) is 10.2. The standard InChI is InChI=1S/C16H19N/c1-2-8-16(17-11-5-1)15-10-9-13-6-3-4-7-14(13)12-15/h3-4,6-7,9-10,12,16-17H,1-2,5,8,11H2. The molecule has 0 spiro atoms. The lowest BCUT2D eigenvalue weighted by atomic mass is 9.99. The molecule has 1 nitrogen and oxygen atoms in total. The van der Waals surface area contributed by atoms with Crippen LogP contribution in [0.25, 0.3) is 10.8 Å². The monoisotopic (exact) mass is 225 g/mol. The van der Waals surface area contributed by atoms with Crippen LogP contribution in [0.15, 0.2) is 42.5 Å². The molecule has 88 valence electrons. The largest absolute Gasteiger partial charge is 0.310 e. The fourth-order valence-electron chi connectivity index (χ4n) is 2.74. The first kappa shape index (κ1) is 10.8.